The Labute approximate surface area is 187 Å². The SMILES string of the molecule is COC(CN(CCCS(=O)(=O)O)CCc1ccc(O)c(-n2nc3ccccc3n2)c1)OC. The van der Waals surface area contributed by atoms with Crippen LogP contribution in [0, 0.1) is 0 Å². The summed E-state index contributed by atoms with van der Waals surface area (Å²) < 4.78 is 41.6. The van der Waals surface area contributed by atoms with Crippen LogP contribution in [0.25, 0.3) is 16.7 Å². The van der Waals surface area contributed by atoms with Gasteiger partial charge in [-0.1, -0.05) is 18.2 Å². The molecule has 174 valence electrons. The molecule has 3 rings (SSSR count). The summed E-state index contributed by atoms with van der Waals surface area (Å²) in [6, 6.07) is 12.7. The third kappa shape index (κ3) is 6.71. The molecule has 0 fully saturated rings. The molecule has 2 aromatic carbocycles. The highest BCUT2D eigenvalue weighted by molar-refractivity contribution is 7.85. The minimum atomic E-state index is -4.01. The van der Waals surface area contributed by atoms with Gasteiger partial charge in [0.25, 0.3) is 10.1 Å². The van der Waals surface area contributed by atoms with E-state index in [0.717, 1.165) is 16.6 Å². The number of aromatic hydroxyl groups is 1. The number of phenolic OH excluding ortho intramolecular Hbond substituents is 1. The predicted molar refractivity (Wildman–Crippen MR) is 120 cm³/mol. The largest absolute Gasteiger partial charge is 0.506 e. The molecule has 0 bridgehead atoms. The van der Waals surface area contributed by atoms with Gasteiger partial charge in [-0.3, -0.25) is 9.45 Å². The smallest absolute Gasteiger partial charge is 0.264 e. The second-order valence-corrected chi connectivity index (χ2v) is 8.96. The fraction of sp³-hybridized carbons (Fsp3) is 0.429. The van der Waals surface area contributed by atoms with Gasteiger partial charge in [0.15, 0.2) is 6.29 Å². The molecule has 3 aromatic rings. The molecule has 32 heavy (non-hydrogen) atoms. The van der Waals surface area contributed by atoms with Crippen molar-refractivity contribution in [2.45, 2.75) is 19.1 Å². The molecule has 0 aliphatic rings. The number of phenols is 1. The van der Waals surface area contributed by atoms with Crippen LogP contribution in [-0.4, -0.2) is 83.9 Å². The first kappa shape index (κ1) is 24.1. The maximum Gasteiger partial charge on any atom is 0.264 e. The molecule has 0 saturated carbocycles. The zero-order valence-electron chi connectivity index (χ0n) is 18.1. The summed E-state index contributed by atoms with van der Waals surface area (Å²) in [7, 11) is -0.933. The number of aromatic nitrogens is 3. The Morgan fingerprint density at radius 1 is 1.06 bits per heavy atom. The number of ether oxygens (including phenoxy) is 2. The summed E-state index contributed by atoms with van der Waals surface area (Å²) >= 11 is 0. The number of hydrogen-bond donors (Lipinski definition) is 2. The first-order valence-corrected chi connectivity index (χ1v) is 11.8. The van der Waals surface area contributed by atoms with Crippen LogP contribution in [0.5, 0.6) is 5.75 Å². The Kier molecular flexibility index (Phi) is 8.15. The second kappa shape index (κ2) is 10.8. The average Bonchev–Trinajstić information content (AvgIpc) is 3.19. The summed E-state index contributed by atoms with van der Waals surface area (Å²) in [4.78, 5) is 3.43. The molecule has 0 saturated heterocycles. The van der Waals surface area contributed by atoms with Crippen molar-refractivity contribution < 1.29 is 27.6 Å². The van der Waals surface area contributed by atoms with Crippen molar-refractivity contribution in [2.75, 3.05) is 39.6 Å². The van der Waals surface area contributed by atoms with Crippen molar-refractivity contribution in [3.8, 4) is 11.4 Å². The van der Waals surface area contributed by atoms with Crippen molar-refractivity contribution in [1.29, 1.82) is 0 Å². The molecular weight excluding hydrogens is 436 g/mol. The van der Waals surface area contributed by atoms with Crippen molar-refractivity contribution in [3.05, 3.63) is 48.0 Å². The summed E-state index contributed by atoms with van der Waals surface area (Å²) in [6.07, 6.45) is 0.445. The van der Waals surface area contributed by atoms with E-state index in [0.29, 0.717) is 31.7 Å². The number of hydrogen-bond acceptors (Lipinski definition) is 8. The fourth-order valence-electron chi connectivity index (χ4n) is 3.36. The highest BCUT2D eigenvalue weighted by atomic mass is 32.2. The number of fused-ring (bicyclic) bond motifs is 1. The molecule has 10 nitrogen and oxygen atoms in total. The number of nitrogens with zero attached hydrogens (tertiary/aromatic N) is 4. The van der Waals surface area contributed by atoms with E-state index in [1.54, 1.807) is 6.07 Å². The van der Waals surface area contributed by atoms with Gasteiger partial charge < -0.3 is 14.6 Å². The Morgan fingerprint density at radius 2 is 1.72 bits per heavy atom. The molecule has 0 unspecified atom stereocenters. The minimum absolute atomic E-state index is 0.0675. The molecule has 0 spiro atoms. The molecule has 0 amide bonds. The van der Waals surface area contributed by atoms with E-state index in [9.17, 15) is 13.5 Å². The fourth-order valence-corrected chi connectivity index (χ4v) is 3.85. The van der Waals surface area contributed by atoms with Gasteiger partial charge >= 0.3 is 0 Å². The van der Waals surface area contributed by atoms with Gasteiger partial charge in [-0.15, -0.1) is 15.0 Å². The van der Waals surface area contributed by atoms with Gasteiger partial charge in [-0.2, -0.15) is 8.42 Å². The van der Waals surface area contributed by atoms with Crippen LogP contribution in [0.15, 0.2) is 42.5 Å². The summed E-state index contributed by atoms with van der Waals surface area (Å²) in [5.41, 5.74) is 2.88. The van der Waals surface area contributed by atoms with Gasteiger partial charge in [-0.05, 0) is 49.2 Å². The van der Waals surface area contributed by atoms with Crippen molar-refractivity contribution >= 4 is 21.2 Å². The third-order valence-corrected chi connectivity index (χ3v) is 5.87. The lowest BCUT2D eigenvalue weighted by Crippen LogP contribution is -2.37. The van der Waals surface area contributed by atoms with Crippen molar-refractivity contribution in [1.82, 2.24) is 19.9 Å². The Morgan fingerprint density at radius 3 is 2.31 bits per heavy atom. The topological polar surface area (TPSA) is 127 Å². The van der Waals surface area contributed by atoms with Crippen molar-refractivity contribution in [3.63, 3.8) is 0 Å². The molecule has 1 heterocycles. The van der Waals surface area contributed by atoms with Crippen LogP contribution in [0.4, 0.5) is 0 Å². The molecular formula is C21H28N4O6S. The molecule has 0 radical (unpaired) electrons. The van der Waals surface area contributed by atoms with Gasteiger partial charge in [0.05, 0.1) is 5.75 Å². The van der Waals surface area contributed by atoms with Crippen LogP contribution < -0.4 is 0 Å². The normalized spacial score (nSPS) is 12.3. The number of rotatable bonds is 12. The average molecular weight is 465 g/mol. The molecule has 2 N–H and O–H groups in total. The predicted octanol–water partition coefficient (Wildman–Crippen LogP) is 1.87. The van der Waals surface area contributed by atoms with Crippen molar-refractivity contribution in [2.24, 2.45) is 0 Å². The maximum absolute atomic E-state index is 11.0. The molecule has 0 aliphatic heterocycles. The maximum atomic E-state index is 11.0. The lowest BCUT2D eigenvalue weighted by molar-refractivity contribution is -0.116. The lowest BCUT2D eigenvalue weighted by Gasteiger charge is -2.26. The monoisotopic (exact) mass is 464 g/mol. The molecule has 0 atom stereocenters. The highest BCUT2D eigenvalue weighted by Crippen LogP contribution is 2.23. The zero-order chi connectivity index (χ0) is 23.1. The zero-order valence-corrected chi connectivity index (χ0v) is 18.9. The molecule has 11 heteroatoms. The highest BCUT2D eigenvalue weighted by Gasteiger charge is 2.16. The van der Waals surface area contributed by atoms with Crippen LogP contribution in [0.1, 0.15) is 12.0 Å². The molecule has 0 aliphatic carbocycles. The summed E-state index contributed by atoms with van der Waals surface area (Å²) in [5, 5.41) is 19.2. The van der Waals surface area contributed by atoms with E-state index in [2.05, 4.69) is 10.2 Å². The van der Waals surface area contributed by atoms with E-state index in [-0.39, 0.29) is 17.9 Å². The van der Waals surface area contributed by atoms with Crippen LogP contribution in [-0.2, 0) is 26.0 Å². The van der Waals surface area contributed by atoms with E-state index in [1.165, 1.54) is 19.0 Å². The first-order valence-electron chi connectivity index (χ1n) is 10.2. The summed E-state index contributed by atoms with van der Waals surface area (Å²) in [5.74, 6) is -0.242. The standard InChI is InChI=1S/C21H28N4O6S/c1-30-21(31-2)15-24(11-5-13-32(27,28)29)12-10-16-8-9-20(26)19(14-16)25-22-17-6-3-4-7-18(17)23-25/h3-4,6-9,14,21,26H,5,10-13,15H2,1-2H3,(H,27,28,29). The van der Waals surface area contributed by atoms with Gasteiger partial charge in [0.2, 0.25) is 0 Å². The van der Waals surface area contributed by atoms with E-state index >= 15 is 0 Å². The first-order chi connectivity index (χ1) is 15.3. The lowest BCUT2D eigenvalue weighted by atomic mass is 10.1. The van der Waals surface area contributed by atoms with E-state index in [1.807, 2.05) is 41.3 Å². The summed E-state index contributed by atoms with van der Waals surface area (Å²) in [6.45, 7) is 1.48. The van der Waals surface area contributed by atoms with E-state index < -0.39 is 16.4 Å². The number of benzene rings is 2. The third-order valence-electron chi connectivity index (χ3n) is 5.07. The van der Waals surface area contributed by atoms with Crippen LogP contribution in [0.3, 0.4) is 0 Å². The Balaban J connectivity index is 1.72. The minimum Gasteiger partial charge on any atom is -0.506 e. The molecule has 1 aromatic heterocycles. The van der Waals surface area contributed by atoms with Crippen LogP contribution >= 0.6 is 0 Å². The Hall–Kier alpha value is -2.57. The second-order valence-electron chi connectivity index (χ2n) is 7.39. The van der Waals surface area contributed by atoms with Gasteiger partial charge in [-0.25, -0.2) is 0 Å². The Bertz CT molecular complexity index is 1100. The number of methoxy groups -OCH3 is 2. The van der Waals surface area contributed by atoms with E-state index in [4.69, 9.17) is 14.0 Å². The van der Waals surface area contributed by atoms with Crippen LogP contribution in [0.2, 0.25) is 0 Å². The van der Waals surface area contributed by atoms with Gasteiger partial charge in [0, 0.05) is 27.3 Å². The quantitative estimate of drug-likeness (QED) is 0.305. The van der Waals surface area contributed by atoms with Gasteiger partial charge in [0.1, 0.15) is 22.5 Å².